The molecule has 9 heteroatoms. The summed E-state index contributed by atoms with van der Waals surface area (Å²) in [4.78, 5) is 11.4. The maximum Gasteiger partial charge on any atom is 0.296 e. The Bertz CT molecular complexity index is 1580. The molecule has 6 nitrogen and oxygen atoms in total. The molecule has 0 unspecified atom stereocenters. The van der Waals surface area contributed by atoms with Crippen LogP contribution in [0.3, 0.4) is 0 Å². The molecule has 0 saturated carbocycles. The van der Waals surface area contributed by atoms with Gasteiger partial charge in [0.05, 0.1) is 20.4 Å². The zero-order valence-electron chi connectivity index (χ0n) is 17.5. The first-order chi connectivity index (χ1) is 15.2. The summed E-state index contributed by atoms with van der Waals surface area (Å²) in [6.45, 7) is 1.66. The Hall–Kier alpha value is -2.85. The normalized spacial score (nSPS) is 12.0. The van der Waals surface area contributed by atoms with Crippen molar-refractivity contribution >= 4 is 58.9 Å². The van der Waals surface area contributed by atoms with Gasteiger partial charge >= 0.3 is 0 Å². The number of fused-ring (bicyclic) bond motifs is 2. The van der Waals surface area contributed by atoms with E-state index in [1.807, 2.05) is 32.3 Å². The Morgan fingerprint density at radius 2 is 1.47 bits per heavy atom. The molecule has 0 fully saturated rings. The summed E-state index contributed by atoms with van der Waals surface area (Å²) in [7, 11) is -0.319. The quantitative estimate of drug-likeness (QED) is 0.324. The van der Waals surface area contributed by atoms with Gasteiger partial charge in [0, 0.05) is 30.9 Å². The zero-order valence-corrected chi connectivity index (χ0v) is 20.0. The van der Waals surface area contributed by atoms with Crippen LogP contribution >= 0.6 is 22.7 Å². The van der Waals surface area contributed by atoms with Gasteiger partial charge in [0.2, 0.25) is 0 Å². The van der Waals surface area contributed by atoms with Gasteiger partial charge in [-0.1, -0.05) is 6.07 Å². The van der Waals surface area contributed by atoms with Crippen molar-refractivity contribution < 1.29 is 13.0 Å². The van der Waals surface area contributed by atoms with Gasteiger partial charge in [0.1, 0.15) is 14.9 Å². The number of rotatable bonds is 4. The first-order valence-corrected chi connectivity index (χ1v) is 12.8. The van der Waals surface area contributed by atoms with Crippen molar-refractivity contribution in [2.75, 3.05) is 19.0 Å². The van der Waals surface area contributed by atoms with Crippen LogP contribution in [0.15, 0.2) is 59.5 Å². The number of hydrogen-bond donors (Lipinski definition) is 1. The smallest absolute Gasteiger partial charge is 0.296 e. The van der Waals surface area contributed by atoms with Gasteiger partial charge in [-0.05, 0) is 61.0 Å². The van der Waals surface area contributed by atoms with Crippen LogP contribution in [0, 0.1) is 6.92 Å². The van der Waals surface area contributed by atoms with Crippen molar-refractivity contribution in [3.8, 4) is 21.1 Å². The highest BCUT2D eigenvalue weighted by Crippen LogP contribution is 2.38. The summed E-state index contributed by atoms with van der Waals surface area (Å²) in [6, 6.07) is 17.7. The second kappa shape index (κ2) is 7.63. The van der Waals surface area contributed by atoms with Gasteiger partial charge in [-0.25, -0.2) is 9.97 Å². The maximum absolute atomic E-state index is 11.9. The van der Waals surface area contributed by atoms with Gasteiger partial charge in [-0.2, -0.15) is 8.42 Å². The predicted molar refractivity (Wildman–Crippen MR) is 133 cm³/mol. The fraction of sp³-hybridized carbons (Fsp3) is 0.130. The van der Waals surface area contributed by atoms with Crippen molar-refractivity contribution in [2.24, 2.45) is 0 Å². The first-order valence-electron chi connectivity index (χ1n) is 9.77. The minimum absolute atomic E-state index is 0.0684. The molecule has 32 heavy (non-hydrogen) atoms. The van der Waals surface area contributed by atoms with Gasteiger partial charge in [-0.3, -0.25) is 4.55 Å². The number of aromatic nitrogens is 2. The molecule has 0 bridgehead atoms. The molecule has 0 aliphatic carbocycles. The molecule has 0 saturated heterocycles. The monoisotopic (exact) mass is 481 g/mol. The predicted octanol–water partition coefficient (Wildman–Crippen LogP) is 5.86. The van der Waals surface area contributed by atoms with Crippen LogP contribution in [0.5, 0.6) is 0 Å². The van der Waals surface area contributed by atoms with E-state index < -0.39 is 10.1 Å². The van der Waals surface area contributed by atoms with Crippen LogP contribution in [0.2, 0.25) is 0 Å². The second-order valence-corrected chi connectivity index (χ2v) is 11.1. The molecule has 1 N–H and O–H groups in total. The molecule has 0 amide bonds. The van der Waals surface area contributed by atoms with Gasteiger partial charge in [-0.15, -0.1) is 22.7 Å². The van der Waals surface area contributed by atoms with Crippen LogP contribution < -0.4 is 4.90 Å². The molecule has 0 spiro atoms. The lowest BCUT2D eigenvalue weighted by Gasteiger charge is -2.11. The molecule has 2 aromatic heterocycles. The molecule has 5 aromatic rings. The molecule has 0 aliphatic heterocycles. The molecular formula is C23H19N3O3S3. The summed E-state index contributed by atoms with van der Waals surface area (Å²) < 4.78 is 35.0. The van der Waals surface area contributed by atoms with Crippen molar-refractivity contribution in [3.63, 3.8) is 0 Å². The molecule has 162 valence electrons. The second-order valence-electron chi connectivity index (χ2n) is 7.70. The topological polar surface area (TPSA) is 83.4 Å². The van der Waals surface area contributed by atoms with E-state index >= 15 is 0 Å². The summed E-state index contributed by atoms with van der Waals surface area (Å²) in [5.41, 5.74) is 5.03. The van der Waals surface area contributed by atoms with E-state index in [1.54, 1.807) is 30.4 Å². The lowest BCUT2D eigenvalue weighted by molar-refractivity contribution is 0.484. The lowest BCUT2D eigenvalue weighted by atomic mass is 10.2. The third-order valence-electron chi connectivity index (χ3n) is 5.23. The number of hydrogen-bond acceptors (Lipinski definition) is 7. The van der Waals surface area contributed by atoms with Gasteiger partial charge in [0.25, 0.3) is 10.1 Å². The number of aryl methyl sites for hydroxylation is 1. The van der Waals surface area contributed by atoms with Crippen molar-refractivity contribution in [3.05, 3.63) is 60.2 Å². The minimum Gasteiger partial charge on any atom is -0.378 e. The summed E-state index contributed by atoms with van der Waals surface area (Å²) in [5.74, 6) is 0. The van der Waals surface area contributed by atoms with E-state index in [4.69, 9.17) is 4.98 Å². The van der Waals surface area contributed by atoms with E-state index in [1.165, 1.54) is 11.3 Å². The average Bonchev–Trinajstić information content (AvgIpc) is 3.36. The van der Waals surface area contributed by atoms with E-state index in [0.717, 1.165) is 32.0 Å². The molecule has 0 aliphatic rings. The minimum atomic E-state index is -4.34. The summed E-state index contributed by atoms with van der Waals surface area (Å²) in [5, 5.41) is 1.64. The number of benzene rings is 3. The first kappa shape index (κ1) is 21.0. The fourth-order valence-corrected chi connectivity index (χ4v) is 6.91. The molecule has 5 rings (SSSR count). The van der Waals surface area contributed by atoms with E-state index in [0.29, 0.717) is 20.8 Å². The summed E-state index contributed by atoms with van der Waals surface area (Å²) >= 11 is 2.87. The van der Waals surface area contributed by atoms with Crippen LogP contribution in [0.4, 0.5) is 5.69 Å². The Kier molecular flexibility index (Phi) is 5.01. The van der Waals surface area contributed by atoms with Crippen LogP contribution in [0.25, 0.3) is 41.6 Å². The van der Waals surface area contributed by atoms with E-state index in [2.05, 4.69) is 34.1 Å². The molecule has 0 atom stereocenters. The molecular weight excluding hydrogens is 462 g/mol. The Labute approximate surface area is 193 Å². The van der Waals surface area contributed by atoms with Gasteiger partial charge in [0.15, 0.2) is 0 Å². The highest BCUT2D eigenvalue weighted by atomic mass is 32.2. The Morgan fingerprint density at radius 1 is 0.844 bits per heavy atom. The number of nitrogens with zero attached hydrogens (tertiary/aromatic N) is 3. The molecule has 3 aromatic carbocycles. The zero-order chi connectivity index (χ0) is 22.6. The lowest BCUT2D eigenvalue weighted by Crippen LogP contribution is -2.07. The van der Waals surface area contributed by atoms with Crippen LogP contribution in [-0.2, 0) is 10.1 Å². The third kappa shape index (κ3) is 3.67. The van der Waals surface area contributed by atoms with Crippen molar-refractivity contribution in [1.82, 2.24) is 9.97 Å². The van der Waals surface area contributed by atoms with Crippen molar-refractivity contribution in [1.29, 1.82) is 0 Å². The van der Waals surface area contributed by atoms with Crippen LogP contribution in [0.1, 0.15) is 5.56 Å². The SMILES string of the molecule is Cc1ccc2nc(-c3ccc4nc(-c5ccc(N(C)C)cc5)sc4c3)sc2c1S(=O)(=O)O. The summed E-state index contributed by atoms with van der Waals surface area (Å²) in [6.07, 6.45) is 0. The molecule has 2 heterocycles. The van der Waals surface area contributed by atoms with E-state index in [-0.39, 0.29) is 4.90 Å². The maximum atomic E-state index is 11.9. The van der Waals surface area contributed by atoms with E-state index in [9.17, 15) is 13.0 Å². The average molecular weight is 482 g/mol. The van der Waals surface area contributed by atoms with Crippen LogP contribution in [-0.4, -0.2) is 37.0 Å². The third-order valence-corrected chi connectivity index (χ3v) is 8.61. The number of thiazole rings is 2. The highest BCUT2D eigenvalue weighted by molar-refractivity contribution is 7.86. The molecule has 0 radical (unpaired) electrons. The van der Waals surface area contributed by atoms with Gasteiger partial charge < -0.3 is 4.90 Å². The van der Waals surface area contributed by atoms with Crippen molar-refractivity contribution in [2.45, 2.75) is 11.8 Å². The Balaban J connectivity index is 1.58. The largest absolute Gasteiger partial charge is 0.378 e. The number of anilines is 1. The highest BCUT2D eigenvalue weighted by Gasteiger charge is 2.21. The standard InChI is InChI=1S/C23H19N3O3S3/c1-13-4-10-18-20(21(13)32(27,28)29)31-23(25-18)15-7-11-17-19(12-15)30-22(24-17)14-5-8-16(9-6-14)26(2)3/h4-12H,1-3H3,(H,27,28,29). The Morgan fingerprint density at radius 3 is 2.16 bits per heavy atom. The fourth-order valence-electron chi connectivity index (χ4n) is 3.59.